The molecule has 5 heteroatoms. The number of carbonyl (C=O) groups excluding carboxylic acids is 1. The van der Waals surface area contributed by atoms with Gasteiger partial charge in [-0.25, -0.2) is 0 Å². The molecule has 100 valence electrons. The summed E-state index contributed by atoms with van der Waals surface area (Å²) in [6.07, 6.45) is 3.38. The molecule has 19 heavy (non-hydrogen) atoms. The molecule has 0 aromatic carbocycles. The van der Waals surface area contributed by atoms with Gasteiger partial charge in [0.05, 0.1) is 6.26 Å². The number of hydrogen-bond acceptors (Lipinski definition) is 3. The lowest BCUT2D eigenvalue weighted by molar-refractivity contribution is -0.117. The van der Waals surface area contributed by atoms with Crippen molar-refractivity contribution >= 4 is 11.7 Å². The number of aromatic nitrogens is 2. The number of amides is 1. The summed E-state index contributed by atoms with van der Waals surface area (Å²) in [5, 5.41) is 9.98. The molecule has 1 amide bonds. The number of rotatable bonds is 4. The Morgan fingerprint density at radius 1 is 1.63 bits per heavy atom. The van der Waals surface area contributed by atoms with Gasteiger partial charge in [0.1, 0.15) is 5.76 Å². The zero-order valence-electron chi connectivity index (χ0n) is 11.1. The first-order valence-electron chi connectivity index (χ1n) is 6.58. The molecule has 0 unspecified atom stereocenters. The van der Waals surface area contributed by atoms with Crippen molar-refractivity contribution in [1.29, 1.82) is 0 Å². The Bertz CT molecular complexity index is 586. The number of aryl methyl sites for hydroxylation is 1. The lowest BCUT2D eigenvalue weighted by Gasteiger charge is -2.02. The average molecular weight is 259 g/mol. The Morgan fingerprint density at radius 3 is 3.11 bits per heavy atom. The largest absolute Gasteiger partial charge is 0.469 e. The molecule has 0 bridgehead atoms. The lowest BCUT2D eigenvalue weighted by Crippen LogP contribution is -2.15. The average Bonchev–Trinajstić information content (AvgIpc) is 2.87. The highest BCUT2D eigenvalue weighted by molar-refractivity contribution is 5.95. The number of furan rings is 1. The molecule has 0 saturated heterocycles. The molecule has 3 rings (SSSR count). The van der Waals surface area contributed by atoms with Gasteiger partial charge in [0.25, 0.3) is 0 Å². The Kier molecular flexibility index (Phi) is 2.89. The van der Waals surface area contributed by atoms with Gasteiger partial charge in [-0.1, -0.05) is 6.92 Å². The predicted octanol–water partition coefficient (Wildman–Crippen LogP) is 2.62. The van der Waals surface area contributed by atoms with Gasteiger partial charge in [0, 0.05) is 23.1 Å². The number of aromatic amines is 1. The van der Waals surface area contributed by atoms with Crippen LogP contribution in [0.5, 0.6) is 0 Å². The van der Waals surface area contributed by atoms with Crippen molar-refractivity contribution in [2.75, 3.05) is 5.32 Å². The van der Waals surface area contributed by atoms with E-state index in [1.54, 1.807) is 6.26 Å². The molecule has 2 aromatic rings. The molecule has 1 fully saturated rings. The van der Waals surface area contributed by atoms with Gasteiger partial charge in [-0.15, -0.1) is 0 Å². The minimum Gasteiger partial charge on any atom is -0.469 e. The van der Waals surface area contributed by atoms with Crippen molar-refractivity contribution in [2.45, 2.75) is 32.6 Å². The minimum absolute atomic E-state index is 0.00678. The summed E-state index contributed by atoms with van der Waals surface area (Å²) in [7, 11) is 0. The third kappa shape index (κ3) is 2.16. The summed E-state index contributed by atoms with van der Waals surface area (Å²) < 4.78 is 5.33. The number of anilines is 1. The van der Waals surface area contributed by atoms with Crippen LogP contribution in [-0.2, 0) is 11.2 Å². The number of carbonyl (C=O) groups is 1. The summed E-state index contributed by atoms with van der Waals surface area (Å²) >= 11 is 0. The minimum atomic E-state index is 0.00678. The summed E-state index contributed by atoms with van der Waals surface area (Å²) in [5.41, 5.74) is 2.08. The third-order valence-electron chi connectivity index (χ3n) is 3.74. The first kappa shape index (κ1) is 12.0. The Morgan fingerprint density at radius 2 is 2.47 bits per heavy atom. The van der Waals surface area contributed by atoms with Gasteiger partial charge in [0.15, 0.2) is 5.82 Å². The van der Waals surface area contributed by atoms with Crippen LogP contribution >= 0.6 is 0 Å². The first-order valence-corrected chi connectivity index (χ1v) is 6.58. The van der Waals surface area contributed by atoms with Crippen molar-refractivity contribution in [1.82, 2.24) is 10.2 Å². The smallest absolute Gasteiger partial charge is 0.229 e. The van der Waals surface area contributed by atoms with Crippen molar-refractivity contribution < 1.29 is 9.21 Å². The number of nitrogens with zero attached hydrogens (tertiary/aromatic N) is 1. The van der Waals surface area contributed by atoms with Crippen LogP contribution in [0.3, 0.4) is 0 Å². The zero-order valence-corrected chi connectivity index (χ0v) is 11.1. The molecule has 2 N–H and O–H groups in total. The second-order valence-electron chi connectivity index (χ2n) is 4.98. The van der Waals surface area contributed by atoms with Gasteiger partial charge in [-0.05, 0) is 31.9 Å². The maximum absolute atomic E-state index is 12.1. The summed E-state index contributed by atoms with van der Waals surface area (Å²) in [6, 6.07) is 3.78. The van der Waals surface area contributed by atoms with Gasteiger partial charge in [-0.3, -0.25) is 9.89 Å². The molecule has 1 saturated carbocycles. The Hall–Kier alpha value is -2.04. The lowest BCUT2D eigenvalue weighted by atomic mass is 10.2. The molecule has 1 aliphatic carbocycles. The fraction of sp³-hybridized carbons (Fsp3) is 0.429. The number of H-pyrrole nitrogens is 1. The van der Waals surface area contributed by atoms with E-state index in [1.807, 2.05) is 19.1 Å². The third-order valence-corrected chi connectivity index (χ3v) is 3.74. The second kappa shape index (κ2) is 4.57. The van der Waals surface area contributed by atoms with Crippen molar-refractivity contribution in [2.24, 2.45) is 5.92 Å². The van der Waals surface area contributed by atoms with Crippen molar-refractivity contribution in [3.05, 3.63) is 35.4 Å². The highest BCUT2D eigenvalue weighted by Gasteiger charge is 2.46. The van der Waals surface area contributed by atoms with E-state index in [0.717, 1.165) is 29.9 Å². The van der Waals surface area contributed by atoms with Crippen LogP contribution in [0.15, 0.2) is 22.8 Å². The van der Waals surface area contributed by atoms with E-state index >= 15 is 0 Å². The van der Waals surface area contributed by atoms with E-state index in [4.69, 9.17) is 4.42 Å². The fourth-order valence-corrected chi connectivity index (χ4v) is 2.41. The van der Waals surface area contributed by atoms with Crippen LogP contribution in [0.4, 0.5) is 5.82 Å². The monoisotopic (exact) mass is 259 g/mol. The molecule has 2 atom stereocenters. The van der Waals surface area contributed by atoms with Crippen LogP contribution in [0, 0.1) is 12.8 Å². The standard InChI is InChI=1S/C14H17N3O2/c1-3-11-8(2)13(17-16-11)15-14(18)10-7-9(10)12-5-4-6-19-12/h4-6,9-10H,3,7H2,1-2H3,(H2,15,16,17,18)/t9-,10+/m0/s1. The van der Waals surface area contributed by atoms with E-state index in [1.165, 1.54) is 0 Å². The van der Waals surface area contributed by atoms with Crippen LogP contribution in [-0.4, -0.2) is 16.1 Å². The van der Waals surface area contributed by atoms with E-state index in [0.29, 0.717) is 5.82 Å². The van der Waals surface area contributed by atoms with E-state index in [2.05, 4.69) is 22.4 Å². The molecule has 0 radical (unpaired) electrons. The molecule has 1 aliphatic rings. The van der Waals surface area contributed by atoms with Gasteiger partial charge >= 0.3 is 0 Å². The molecular weight excluding hydrogens is 242 g/mol. The number of nitrogens with one attached hydrogen (secondary N) is 2. The highest BCUT2D eigenvalue weighted by atomic mass is 16.3. The maximum Gasteiger partial charge on any atom is 0.229 e. The zero-order chi connectivity index (χ0) is 13.4. The van der Waals surface area contributed by atoms with E-state index < -0.39 is 0 Å². The molecule has 2 aromatic heterocycles. The van der Waals surface area contributed by atoms with Crippen LogP contribution < -0.4 is 5.32 Å². The molecule has 5 nitrogen and oxygen atoms in total. The van der Waals surface area contributed by atoms with E-state index in [-0.39, 0.29) is 17.7 Å². The Labute approximate surface area is 111 Å². The van der Waals surface area contributed by atoms with Gasteiger partial charge < -0.3 is 9.73 Å². The maximum atomic E-state index is 12.1. The molecular formula is C14H17N3O2. The van der Waals surface area contributed by atoms with E-state index in [9.17, 15) is 4.79 Å². The van der Waals surface area contributed by atoms with Gasteiger partial charge in [0.2, 0.25) is 5.91 Å². The molecule has 2 heterocycles. The molecule has 0 aliphatic heterocycles. The van der Waals surface area contributed by atoms with Crippen LogP contribution in [0.1, 0.15) is 36.3 Å². The topological polar surface area (TPSA) is 70.9 Å². The summed E-state index contributed by atoms with van der Waals surface area (Å²) in [6.45, 7) is 4.02. The first-order chi connectivity index (χ1) is 9.20. The summed E-state index contributed by atoms with van der Waals surface area (Å²) in [5.74, 6) is 1.80. The fourth-order valence-electron chi connectivity index (χ4n) is 2.41. The normalized spacial score (nSPS) is 21.4. The second-order valence-corrected chi connectivity index (χ2v) is 4.98. The molecule has 0 spiro atoms. The number of hydrogen-bond donors (Lipinski definition) is 2. The van der Waals surface area contributed by atoms with Crippen molar-refractivity contribution in [3.63, 3.8) is 0 Å². The predicted molar refractivity (Wildman–Crippen MR) is 70.9 cm³/mol. The summed E-state index contributed by atoms with van der Waals surface area (Å²) in [4.78, 5) is 12.1. The van der Waals surface area contributed by atoms with Crippen molar-refractivity contribution in [3.8, 4) is 0 Å². The Balaban J connectivity index is 1.65. The van der Waals surface area contributed by atoms with Crippen LogP contribution in [0.25, 0.3) is 0 Å². The van der Waals surface area contributed by atoms with Crippen LogP contribution in [0.2, 0.25) is 0 Å². The highest BCUT2D eigenvalue weighted by Crippen LogP contribution is 2.48. The van der Waals surface area contributed by atoms with Gasteiger partial charge in [-0.2, -0.15) is 5.10 Å². The SMILES string of the molecule is CCc1[nH]nc(NC(=O)[C@@H]2C[C@@H]2c2ccco2)c1C. The quantitative estimate of drug-likeness (QED) is 0.886.